The minimum Gasteiger partial charge on any atom is -0.462 e. The Bertz CT molecular complexity index is 1110. The van der Waals surface area contributed by atoms with Crippen molar-refractivity contribution in [3.63, 3.8) is 0 Å². The van der Waals surface area contributed by atoms with Crippen LogP contribution in [0.4, 0.5) is 0 Å². The van der Waals surface area contributed by atoms with Gasteiger partial charge in [0, 0.05) is 12.8 Å². The normalized spacial score (nSPS) is 12.9. The van der Waals surface area contributed by atoms with E-state index in [0.717, 1.165) is 83.5 Å². The quantitative estimate of drug-likeness (QED) is 0.0205. The smallest absolute Gasteiger partial charge is 0.309 e. The highest BCUT2D eigenvalue weighted by Crippen LogP contribution is 2.13. The van der Waals surface area contributed by atoms with Gasteiger partial charge in [0.15, 0.2) is 6.10 Å². The van der Waals surface area contributed by atoms with E-state index in [1.807, 2.05) is 12.2 Å². The maximum absolute atomic E-state index is 12.7. The number of allylic oxidation sites excluding steroid dienone is 13. The monoisotopic (exact) mass is 765 g/mol. The van der Waals surface area contributed by atoms with Crippen molar-refractivity contribution in [2.75, 3.05) is 13.2 Å². The summed E-state index contributed by atoms with van der Waals surface area (Å²) in [6.45, 7) is 6.23. The minimum absolute atomic E-state index is 0.115. The van der Waals surface area contributed by atoms with Gasteiger partial charge in [0.25, 0.3) is 0 Å². The van der Waals surface area contributed by atoms with Gasteiger partial charge in [-0.25, -0.2) is 0 Å². The Labute approximate surface area is 337 Å². The Hall–Kier alpha value is -3.41. The Morgan fingerprint density at radius 1 is 0.418 bits per heavy atom. The van der Waals surface area contributed by atoms with Gasteiger partial charge < -0.3 is 14.2 Å². The molecule has 0 aromatic rings. The van der Waals surface area contributed by atoms with E-state index in [0.29, 0.717) is 6.42 Å². The Kier molecular flexibility index (Phi) is 40.6. The second-order valence-electron chi connectivity index (χ2n) is 14.3. The molecule has 1 atom stereocenters. The van der Waals surface area contributed by atoms with Gasteiger partial charge in [0.05, 0.1) is 6.42 Å². The number of unbranched alkanes of at least 4 members (excludes halogenated alkanes) is 16. The van der Waals surface area contributed by atoms with Gasteiger partial charge in [-0.3, -0.25) is 14.4 Å². The van der Waals surface area contributed by atoms with Crippen LogP contribution >= 0.6 is 0 Å². The summed E-state index contributed by atoms with van der Waals surface area (Å²) in [7, 11) is 0. The van der Waals surface area contributed by atoms with Crippen LogP contribution in [-0.4, -0.2) is 37.2 Å². The molecule has 0 bridgehead atoms. The zero-order chi connectivity index (χ0) is 40.1. The van der Waals surface area contributed by atoms with Crippen LogP contribution < -0.4 is 0 Å². The van der Waals surface area contributed by atoms with E-state index >= 15 is 0 Å². The highest BCUT2D eigenvalue weighted by molar-refractivity contribution is 5.72. The summed E-state index contributed by atoms with van der Waals surface area (Å²) in [5.74, 6) is -1.08. The molecular formula is C49H80O6. The van der Waals surface area contributed by atoms with Gasteiger partial charge >= 0.3 is 17.9 Å². The molecule has 312 valence electrons. The maximum atomic E-state index is 12.7. The van der Waals surface area contributed by atoms with Crippen molar-refractivity contribution in [2.24, 2.45) is 0 Å². The SMILES string of the molecule is CC\C=C/C=C\C=C/CCCCCCCC(=O)OC(COC(=O)C/C=C\C/C=C\C/C=C\CC)COC(=O)CCCCCCCCC/C=C\CCCCCC. The largest absolute Gasteiger partial charge is 0.462 e. The third-order valence-electron chi connectivity index (χ3n) is 8.96. The number of esters is 3. The number of hydrogen-bond donors (Lipinski definition) is 0. The summed E-state index contributed by atoms with van der Waals surface area (Å²) in [5.41, 5.74) is 0. The molecule has 0 fully saturated rings. The number of carbonyl (C=O) groups is 3. The Morgan fingerprint density at radius 3 is 1.45 bits per heavy atom. The van der Waals surface area contributed by atoms with E-state index in [1.165, 1.54) is 64.2 Å². The van der Waals surface area contributed by atoms with Crippen LogP contribution in [0.25, 0.3) is 0 Å². The summed E-state index contributed by atoms with van der Waals surface area (Å²) < 4.78 is 16.5. The predicted molar refractivity (Wildman–Crippen MR) is 233 cm³/mol. The van der Waals surface area contributed by atoms with Crippen LogP contribution in [0.3, 0.4) is 0 Å². The van der Waals surface area contributed by atoms with Gasteiger partial charge in [-0.1, -0.05) is 176 Å². The van der Waals surface area contributed by atoms with E-state index in [1.54, 1.807) is 6.08 Å². The van der Waals surface area contributed by atoms with Crippen LogP contribution in [0.15, 0.2) is 85.1 Å². The molecule has 0 amide bonds. The highest BCUT2D eigenvalue weighted by Gasteiger charge is 2.19. The molecule has 0 aliphatic carbocycles. The highest BCUT2D eigenvalue weighted by atomic mass is 16.6. The fraction of sp³-hybridized carbons (Fsp3) is 0.653. The molecule has 0 aromatic heterocycles. The molecule has 6 nitrogen and oxygen atoms in total. The first kappa shape index (κ1) is 51.6. The Balaban J connectivity index is 4.46. The second-order valence-corrected chi connectivity index (χ2v) is 14.3. The van der Waals surface area contributed by atoms with Crippen molar-refractivity contribution < 1.29 is 28.6 Å². The standard InChI is InChI=1S/C49H80O6/c1-4-7-10-13-16-19-21-23-24-26-27-30-33-36-39-42-48(51)54-45-46(44-53-47(50)41-38-35-32-29-18-15-12-9-6-3)55-49(52)43-40-37-34-31-28-25-22-20-17-14-11-8-5-2/h8-9,11-12,14,17-22,29,35,38,46H,4-7,10,13,15-16,23-28,30-34,36-37,39-45H2,1-3H3/b11-8-,12-9-,17-14-,21-19-,22-20-,29-18-,38-35-. The molecule has 0 rings (SSSR count). The van der Waals surface area contributed by atoms with Crippen molar-refractivity contribution in [3.05, 3.63) is 85.1 Å². The third kappa shape index (κ3) is 41.6. The molecule has 55 heavy (non-hydrogen) atoms. The average Bonchev–Trinajstić information content (AvgIpc) is 3.18. The van der Waals surface area contributed by atoms with Crippen LogP contribution in [-0.2, 0) is 28.6 Å². The minimum atomic E-state index is -0.822. The lowest BCUT2D eigenvalue weighted by molar-refractivity contribution is -0.166. The van der Waals surface area contributed by atoms with Crippen molar-refractivity contribution in [1.29, 1.82) is 0 Å². The van der Waals surface area contributed by atoms with E-state index in [-0.39, 0.29) is 38.0 Å². The van der Waals surface area contributed by atoms with E-state index in [2.05, 4.69) is 87.6 Å². The first-order chi connectivity index (χ1) is 27.0. The third-order valence-corrected chi connectivity index (χ3v) is 8.96. The van der Waals surface area contributed by atoms with Crippen LogP contribution in [0.1, 0.15) is 188 Å². The first-order valence-electron chi connectivity index (χ1n) is 22.1. The van der Waals surface area contributed by atoms with Crippen molar-refractivity contribution >= 4 is 17.9 Å². The zero-order valence-corrected chi connectivity index (χ0v) is 35.4. The topological polar surface area (TPSA) is 78.9 Å². The van der Waals surface area contributed by atoms with Crippen molar-refractivity contribution in [1.82, 2.24) is 0 Å². The number of hydrogen-bond acceptors (Lipinski definition) is 6. The summed E-state index contributed by atoms with van der Waals surface area (Å²) in [5, 5.41) is 0. The van der Waals surface area contributed by atoms with Crippen LogP contribution in [0, 0.1) is 0 Å². The van der Waals surface area contributed by atoms with Crippen LogP contribution in [0.5, 0.6) is 0 Å². The van der Waals surface area contributed by atoms with E-state index in [4.69, 9.17) is 14.2 Å². The maximum Gasteiger partial charge on any atom is 0.309 e. The molecule has 0 saturated carbocycles. The lowest BCUT2D eigenvalue weighted by atomic mass is 10.1. The number of ether oxygens (including phenoxy) is 3. The molecule has 0 aliphatic heterocycles. The molecular weight excluding hydrogens is 685 g/mol. The Morgan fingerprint density at radius 2 is 0.873 bits per heavy atom. The van der Waals surface area contributed by atoms with Gasteiger partial charge in [-0.05, 0) is 77.0 Å². The summed E-state index contributed by atoms with van der Waals surface area (Å²) >= 11 is 0. The van der Waals surface area contributed by atoms with Gasteiger partial charge in [-0.2, -0.15) is 0 Å². The van der Waals surface area contributed by atoms with Gasteiger partial charge in [0.1, 0.15) is 13.2 Å². The molecule has 0 saturated heterocycles. The van der Waals surface area contributed by atoms with E-state index < -0.39 is 12.1 Å². The molecule has 0 aliphatic rings. The summed E-state index contributed by atoms with van der Waals surface area (Å²) in [6, 6.07) is 0. The van der Waals surface area contributed by atoms with Crippen LogP contribution in [0.2, 0.25) is 0 Å². The van der Waals surface area contributed by atoms with Gasteiger partial charge in [0.2, 0.25) is 0 Å². The summed E-state index contributed by atoms with van der Waals surface area (Å²) in [4.78, 5) is 37.6. The molecule has 1 unspecified atom stereocenters. The number of carbonyl (C=O) groups excluding carboxylic acids is 3. The van der Waals surface area contributed by atoms with Crippen molar-refractivity contribution in [2.45, 2.75) is 194 Å². The zero-order valence-electron chi connectivity index (χ0n) is 35.4. The molecule has 6 heteroatoms. The number of rotatable bonds is 38. The fourth-order valence-corrected chi connectivity index (χ4v) is 5.67. The van der Waals surface area contributed by atoms with Crippen molar-refractivity contribution in [3.8, 4) is 0 Å². The lowest BCUT2D eigenvalue weighted by Crippen LogP contribution is -2.30. The summed E-state index contributed by atoms with van der Waals surface area (Å²) in [6.07, 6.45) is 54.6. The average molecular weight is 765 g/mol. The molecule has 0 N–H and O–H groups in total. The second kappa shape index (κ2) is 43.3. The fourth-order valence-electron chi connectivity index (χ4n) is 5.67. The molecule has 0 radical (unpaired) electrons. The predicted octanol–water partition coefficient (Wildman–Crippen LogP) is 14.1. The lowest BCUT2D eigenvalue weighted by Gasteiger charge is -2.18. The molecule has 0 spiro atoms. The first-order valence-corrected chi connectivity index (χ1v) is 22.1. The molecule has 0 aromatic carbocycles. The van der Waals surface area contributed by atoms with E-state index in [9.17, 15) is 14.4 Å². The van der Waals surface area contributed by atoms with Gasteiger partial charge in [-0.15, -0.1) is 0 Å². The molecule has 0 heterocycles.